The lowest BCUT2D eigenvalue weighted by Gasteiger charge is -2.44. The van der Waals surface area contributed by atoms with Crippen molar-refractivity contribution in [2.75, 3.05) is 90.3 Å². The van der Waals surface area contributed by atoms with E-state index in [0.717, 1.165) is 31.9 Å². The highest BCUT2D eigenvalue weighted by Crippen LogP contribution is 2.37. The van der Waals surface area contributed by atoms with Gasteiger partial charge < -0.3 is 19.6 Å². The molecule has 2 unspecified atom stereocenters. The number of carbonyl (C=O) groups is 1. The third-order valence-corrected chi connectivity index (χ3v) is 13.1. The predicted octanol–water partition coefficient (Wildman–Crippen LogP) is 8.12. The molecule has 21 heteroatoms. The number of benzene rings is 2. The van der Waals surface area contributed by atoms with Crippen molar-refractivity contribution in [1.29, 1.82) is 0 Å². The molecule has 2 saturated heterocycles. The highest BCUT2D eigenvalue weighted by molar-refractivity contribution is 6.32. The fourth-order valence-corrected chi connectivity index (χ4v) is 8.95. The summed E-state index contributed by atoms with van der Waals surface area (Å²) < 4.78 is 86.6. The summed E-state index contributed by atoms with van der Waals surface area (Å²) in [7, 11) is 7.77. The molecule has 4 heterocycles. The first kappa shape index (κ1) is 48.2. The van der Waals surface area contributed by atoms with Gasteiger partial charge in [-0.2, -0.15) is 36.5 Å². The summed E-state index contributed by atoms with van der Waals surface area (Å²) in [6, 6.07) is 9.42. The second kappa shape index (κ2) is 19.4. The molecule has 0 radical (unpaired) electrons. The number of ketones is 1. The highest BCUT2D eigenvalue weighted by Gasteiger charge is 2.43. The first-order valence-corrected chi connectivity index (χ1v) is 21.5. The van der Waals surface area contributed by atoms with Gasteiger partial charge in [0.05, 0.1) is 46.6 Å². The molecule has 4 aromatic rings. The second-order valence-corrected chi connectivity index (χ2v) is 17.9. The van der Waals surface area contributed by atoms with Crippen molar-refractivity contribution in [3.05, 3.63) is 90.4 Å². The Morgan fingerprint density at radius 1 is 0.613 bits per heavy atom. The van der Waals surface area contributed by atoms with E-state index in [1.165, 1.54) is 13.8 Å². The van der Waals surface area contributed by atoms with Crippen molar-refractivity contribution in [3.8, 4) is 0 Å². The first-order chi connectivity index (χ1) is 29.0. The van der Waals surface area contributed by atoms with Gasteiger partial charge in [-0.3, -0.25) is 24.0 Å². The molecular weight excluding hydrogens is 904 g/mol. The number of anilines is 2. The lowest BCUT2D eigenvalue weighted by Crippen LogP contribution is -2.61. The van der Waals surface area contributed by atoms with E-state index in [-0.39, 0.29) is 24.5 Å². The molecule has 2 fully saturated rings. The first-order valence-electron chi connectivity index (χ1n) is 20.0. The fourth-order valence-electron chi connectivity index (χ4n) is 8.11. The Labute approximate surface area is 377 Å². The van der Waals surface area contributed by atoms with Gasteiger partial charge in [-0.15, -0.1) is 0 Å². The Balaban J connectivity index is 1.34. The van der Waals surface area contributed by atoms with Crippen LogP contribution in [0.4, 0.5) is 37.7 Å². The number of piperazine rings is 2. The molecule has 2 aliphatic rings. The lowest BCUT2D eigenvalue weighted by molar-refractivity contribution is -0.142. The van der Waals surface area contributed by atoms with E-state index in [1.54, 1.807) is 0 Å². The quantitative estimate of drug-likeness (QED) is 0.117. The molecule has 0 amide bonds. The van der Waals surface area contributed by atoms with Crippen LogP contribution in [0, 0.1) is 13.8 Å². The molecule has 2 aliphatic heterocycles. The van der Waals surface area contributed by atoms with E-state index in [1.807, 2.05) is 84.2 Å². The van der Waals surface area contributed by atoms with Crippen molar-refractivity contribution in [3.63, 3.8) is 0 Å². The van der Waals surface area contributed by atoms with Crippen molar-refractivity contribution in [1.82, 2.24) is 39.2 Å². The molecular formula is C41H50Cl4F6N10O. The summed E-state index contributed by atoms with van der Waals surface area (Å²) >= 11 is 25.4. The van der Waals surface area contributed by atoms with E-state index >= 15 is 4.79 Å². The minimum Gasteiger partial charge on any atom is -0.369 e. The number of halogens is 10. The number of alkyl halides is 6. The number of Topliss-reactive ketones (excluding diaryl/α,β-unsaturated/α-hetero) is 1. The van der Waals surface area contributed by atoms with E-state index in [0.29, 0.717) is 75.5 Å². The summed E-state index contributed by atoms with van der Waals surface area (Å²) in [5, 5.41) is 7.81. The summed E-state index contributed by atoms with van der Waals surface area (Å²) in [6.07, 6.45) is -9.70. The Hall–Kier alpha value is -3.29. The van der Waals surface area contributed by atoms with Gasteiger partial charge in [-0.25, -0.2) is 0 Å². The largest absolute Gasteiger partial charge is 0.436 e. The van der Waals surface area contributed by atoms with Gasteiger partial charge >= 0.3 is 12.4 Å². The molecule has 2 atom stereocenters. The molecule has 11 nitrogen and oxygen atoms in total. The van der Waals surface area contributed by atoms with Crippen LogP contribution >= 0.6 is 46.4 Å². The van der Waals surface area contributed by atoms with Crippen LogP contribution in [0.15, 0.2) is 36.4 Å². The van der Waals surface area contributed by atoms with Gasteiger partial charge in [0.2, 0.25) is 0 Å². The monoisotopic (exact) mass is 952 g/mol. The van der Waals surface area contributed by atoms with Gasteiger partial charge in [0.1, 0.15) is 0 Å². The zero-order chi connectivity index (χ0) is 45.4. The number of hydrogen-bond donors (Lipinski definition) is 0. The van der Waals surface area contributed by atoms with Crippen molar-refractivity contribution < 1.29 is 31.1 Å². The van der Waals surface area contributed by atoms with Crippen molar-refractivity contribution >= 4 is 63.6 Å². The number of hydrogen-bond acceptors (Lipinski definition) is 9. The molecule has 0 N–H and O–H groups in total. The SMILES string of the molecule is Cc1c(Cl)c(C(F)(F)F)nn1CC(C(=O)C(Cn1nc(C(F)(F)F)c(Cl)c1C)N1CCN(c2ccc(Cl)c(CN(C)C)c2)CC1)N1CCN(c2ccc(Cl)c(CN(C)C)c2)CC1. The maximum atomic E-state index is 15.4. The molecule has 2 aromatic carbocycles. The van der Waals surface area contributed by atoms with Crippen molar-refractivity contribution in [2.45, 2.75) is 64.5 Å². The molecule has 340 valence electrons. The van der Waals surface area contributed by atoms with Gasteiger partial charge in [0.15, 0.2) is 17.2 Å². The van der Waals surface area contributed by atoms with Crippen LogP contribution in [0.5, 0.6) is 0 Å². The molecule has 0 aliphatic carbocycles. The molecule has 0 spiro atoms. The van der Waals surface area contributed by atoms with Crippen LogP contribution in [0.2, 0.25) is 20.1 Å². The topological polar surface area (TPSA) is 72.1 Å². The van der Waals surface area contributed by atoms with Gasteiger partial charge in [0.25, 0.3) is 0 Å². The fraction of sp³-hybridized carbons (Fsp3) is 0.537. The Morgan fingerprint density at radius 2 is 0.952 bits per heavy atom. The molecule has 62 heavy (non-hydrogen) atoms. The number of nitrogens with zero attached hydrogens (tertiary/aromatic N) is 10. The second-order valence-electron chi connectivity index (χ2n) is 16.4. The summed E-state index contributed by atoms with van der Waals surface area (Å²) in [4.78, 5) is 27.5. The van der Waals surface area contributed by atoms with Crippen LogP contribution in [0.3, 0.4) is 0 Å². The predicted molar refractivity (Wildman–Crippen MR) is 232 cm³/mol. The molecule has 0 bridgehead atoms. The summed E-state index contributed by atoms with van der Waals surface area (Å²) in [5.74, 6) is -0.411. The molecule has 2 aromatic heterocycles. The maximum absolute atomic E-state index is 15.4. The lowest BCUT2D eigenvalue weighted by atomic mass is 9.99. The Kier molecular flexibility index (Phi) is 15.1. The molecule has 6 rings (SSSR count). The zero-order valence-corrected chi connectivity index (χ0v) is 38.3. The van der Waals surface area contributed by atoms with Crippen LogP contribution in [0.1, 0.15) is 33.9 Å². The van der Waals surface area contributed by atoms with Gasteiger partial charge in [-0.1, -0.05) is 46.4 Å². The summed E-state index contributed by atoms with van der Waals surface area (Å²) in [6.45, 7) is 6.63. The smallest absolute Gasteiger partial charge is 0.369 e. The van der Waals surface area contributed by atoms with E-state index in [4.69, 9.17) is 46.4 Å². The van der Waals surface area contributed by atoms with Crippen LogP contribution in [0.25, 0.3) is 0 Å². The highest BCUT2D eigenvalue weighted by atomic mass is 35.5. The standard InChI is InChI=1S/C41H50Cl4F6N10O/c1-25-35(44)38(40(46,47)48)52-60(25)23-33(58-15-11-56(12-16-58)29-7-9-31(42)27(19-29)21-54(3)4)37(62)34(24-61-26(2)36(45)39(53-61)41(49,50)51)59-17-13-57(14-18-59)30-8-10-32(43)28(20-30)22-55(5)6/h7-10,19-20,33-34H,11-18,21-24H2,1-6H3. The average molecular weight is 955 g/mol. The minimum absolute atomic E-state index is 0.0244. The molecule has 0 saturated carbocycles. The average Bonchev–Trinajstić information content (AvgIpc) is 3.66. The van der Waals surface area contributed by atoms with E-state index in [9.17, 15) is 26.3 Å². The number of carbonyl (C=O) groups excluding carboxylic acids is 1. The van der Waals surface area contributed by atoms with Crippen LogP contribution in [-0.2, 0) is 43.3 Å². The van der Waals surface area contributed by atoms with Gasteiger partial charge in [-0.05, 0) is 89.6 Å². The maximum Gasteiger partial charge on any atom is 0.436 e. The van der Waals surface area contributed by atoms with Crippen LogP contribution in [-0.4, -0.2) is 138 Å². The normalized spacial score (nSPS) is 17.1. The minimum atomic E-state index is -4.85. The van der Waals surface area contributed by atoms with Crippen molar-refractivity contribution in [2.24, 2.45) is 0 Å². The Morgan fingerprint density at radius 3 is 1.24 bits per heavy atom. The summed E-state index contributed by atoms with van der Waals surface area (Å²) in [5.41, 5.74) is 1.24. The van der Waals surface area contributed by atoms with E-state index < -0.39 is 51.7 Å². The number of rotatable bonds is 14. The Bertz CT molecular complexity index is 2060. The van der Waals surface area contributed by atoms with Crippen LogP contribution < -0.4 is 9.80 Å². The third-order valence-electron chi connectivity index (χ3n) is 11.4. The number of aromatic nitrogens is 4. The zero-order valence-electron chi connectivity index (χ0n) is 35.3. The van der Waals surface area contributed by atoms with Gasteiger partial charge in [0, 0.05) is 86.9 Å². The van der Waals surface area contributed by atoms with E-state index in [2.05, 4.69) is 20.0 Å². The third kappa shape index (κ3) is 11.0.